The van der Waals surface area contributed by atoms with Crippen LogP contribution in [0.4, 0.5) is 5.95 Å². The number of nitrogens with one attached hydrogen (secondary N) is 1. The summed E-state index contributed by atoms with van der Waals surface area (Å²) in [5, 5.41) is 7.68. The Morgan fingerprint density at radius 3 is 3.00 bits per heavy atom. The third-order valence-corrected chi connectivity index (χ3v) is 3.17. The Balaban J connectivity index is 1.83. The Hall–Kier alpha value is -1.66. The minimum absolute atomic E-state index is 0.209. The van der Waals surface area contributed by atoms with Crippen molar-refractivity contribution in [3.05, 3.63) is 23.4 Å². The highest BCUT2D eigenvalue weighted by molar-refractivity contribution is 6.30. The maximum Gasteiger partial charge on any atom is 0.245 e. The van der Waals surface area contributed by atoms with Crippen LogP contribution in [0.1, 0.15) is 6.42 Å². The molecule has 1 aliphatic heterocycles. The summed E-state index contributed by atoms with van der Waals surface area (Å²) in [7, 11) is 0. The molecule has 2 aromatic rings. The van der Waals surface area contributed by atoms with Crippen molar-refractivity contribution in [2.24, 2.45) is 5.73 Å². The third-order valence-electron chi connectivity index (χ3n) is 2.95. The summed E-state index contributed by atoms with van der Waals surface area (Å²) in [4.78, 5) is 10.7. The van der Waals surface area contributed by atoms with E-state index in [4.69, 9.17) is 17.3 Å². The second-order valence-corrected chi connectivity index (χ2v) is 4.78. The zero-order chi connectivity index (χ0) is 12.5. The molecular formula is C11H13ClN6. The summed E-state index contributed by atoms with van der Waals surface area (Å²) < 4.78 is 0. The van der Waals surface area contributed by atoms with Gasteiger partial charge in [-0.05, 0) is 18.6 Å². The van der Waals surface area contributed by atoms with Gasteiger partial charge in [0.2, 0.25) is 5.95 Å². The van der Waals surface area contributed by atoms with Crippen molar-refractivity contribution in [3.63, 3.8) is 0 Å². The van der Waals surface area contributed by atoms with Gasteiger partial charge in [0.05, 0.1) is 5.02 Å². The zero-order valence-corrected chi connectivity index (χ0v) is 10.4. The van der Waals surface area contributed by atoms with E-state index < -0.39 is 0 Å². The van der Waals surface area contributed by atoms with E-state index in [0.29, 0.717) is 16.8 Å². The van der Waals surface area contributed by atoms with Gasteiger partial charge in [-0.2, -0.15) is 4.98 Å². The molecular weight excluding hydrogens is 252 g/mol. The largest absolute Gasteiger partial charge is 0.338 e. The number of hydrogen-bond acceptors (Lipinski definition) is 5. The van der Waals surface area contributed by atoms with Crippen molar-refractivity contribution in [1.82, 2.24) is 20.2 Å². The van der Waals surface area contributed by atoms with Crippen molar-refractivity contribution < 1.29 is 0 Å². The number of H-pyrrole nitrogens is 1. The normalized spacial score (nSPS) is 19.4. The van der Waals surface area contributed by atoms with E-state index in [-0.39, 0.29) is 6.04 Å². The lowest BCUT2D eigenvalue weighted by molar-refractivity contribution is 0.750. The summed E-state index contributed by atoms with van der Waals surface area (Å²) in [6, 6.07) is 3.79. The molecule has 3 N–H and O–H groups in total. The topological polar surface area (TPSA) is 83.7 Å². The predicted octanol–water partition coefficient (Wildman–Crippen LogP) is 1.06. The fourth-order valence-electron chi connectivity index (χ4n) is 1.99. The number of aromatic nitrogens is 4. The van der Waals surface area contributed by atoms with Crippen LogP contribution >= 0.6 is 11.6 Å². The average Bonchev–Trinajstić information content (AvgIpc) is 2.98. The van der Waals surface area contributed by atoms with Crippen molar-refractivity contribution in [3.8, 4) is 11.5 Å². The van der Waals surface area contributed by atoms with Crippen molar-refractivity contribution in [2.45, 2.75) is 12.5 Å². The number of halogens is 1. The molecule has 1 fully saturated rings. The zero-order valence-electron chi connectivity index (χ0n) is 9.67. The molecule has 1 atom stereocenters. The molecule has 0 aliphatic carbocycles. The fourth-order valence-corrected chi connectivity index (χ4v) is 2.11. The van der Waals surface area contributed by atoms with Gasteiger partial charge < -0.3 is 10.6 Å². The standard InChI is InChI=1S/C11H13ClN6/c12-7-1-2-9(14-5-7)10-15-11(17-16-10)18-4-3-8(13)6-18/h1-2,5,8H,3-4,6,13H2,(H,15,16,17). The number of rotatable bonds is 2. The van der Waals surface area contributed by atoms with Crippen LogP contribution in [-0.2, 0) is 0 Å². The quantitative estimate of drug-likeness (QED) is 0.847. The molecule has 0 spiro atoms. The van der Waals surface area contributed by atoms with E-state index in [2.05, 4.69) is 25.1 Å². The number of aromatic amines is 1. The molecule has 18 heavy (non-hydrogen) atoms. The highest BCUT2D eigenvalue weighted by Crippen LogP contribution is 2.19. The van der Waals surface area contributed by atoms with E-state index in [1.807, 2.05) is 6.07 Å². The van der Waals surface area contributed by atoms with Crippen LogP contribution in [0.5, 0.6) is 0 Å². The first kappa shape index (κ1) is 11.4. The molecule has 94 valence electrons. The molecule has 3 rings (SSSR count). The van der Waals surface area contributed by atoms with Gasteiger partial charge in [0.15, 0.2) is 5.82 Å². The van der Waals surface area contributed by atoms with E-state index in [0.717, 1.165) is 25.2 Å². The number of anilines is 1. The molecule has 0 saturated carbocycles. The lowest BCUT2D eigenvalue weighted by Crippen LogP contribution is -2.26. The van der Waals surface area contributed by atoms with Gasteiger partial charge in [-0.25, -0.2) is 0 Å². The van der Waals surface area contributed by atoms with Gasteiger partial charge in [-0.1, -0.05) is 11.6 Å². The summed E-state index contributed by atoms with van der Waals surface area (Å²) in [5.41, 5.74) is 6.59. The molecule has 0 aromatic carbocycles. The maximum atomic E-state index is 5.86. The number of hydrogen-bond donors (Lipinski definition) is 2. The first-order valence-corrected chi connectivity index (χ1v) is 6.15. The summed E-state index contributed by atoms with van der Waals surface area (Å²) in [5.74, 6) is 1.32. The lowest BCUT2D eigenvalue weighted by Gasteiger charge is -2.11. The lowest BCUT2D eigenvalue weighted by atomic mass is 10.3. The molecule has 1 saturated heterocycles. The molecule has 0 bridgehead atoms. The van der Waals surface area contributed by atoms with Crippen molar-refractivity contribution in [2.75, 3.05) is 18.0 Å². The predicted molar refractivity (Wildman–Crippen MR) is 69.4 cm³/mol. The Morgan fingerprint density at radius 2 is 2.33 bits per heavy atom. The summed E-state index contributed by atoms with van der Waals surface area (Å²) in [6.45, 7) is 1.69. The Labute approximate surface area is 109 Å². The first-order valence-electron chi connectivity index (χ1n) is 5.77. The first-order chi connectivity index (χ1) is 8.72. The number of nitrogens with zero attached hydrogens (tertiary/aromatic N) is 4. The van der Waals surface area contributed by atoms with Crippen LogP contribution < -0.4 is 10.6 Å². The van der Waals surface area contributed by atoms with Crippen LogP contribution in [0.2, 0.25) is 5.02 Å². The van der Waals surface area contributed by atoms with Crippen LogP contribution in [0.3, 0.4) is 0 Å². The van der Waals surface area contributed by atoms with E-state index in [1.54, 1.807) is 12.3 Å². The van der Waals surface area contributed by atoms with Crippen LogP contribution in [-0.4, -0.2) is 39.3 Å². The average molecular weight is 265 g/mol. The SMILES string of the molecule is NC1CCN(c2n[nH]c(-c3ccc(Cl)cn3)n2)C1. The second-order valence-electron chi connectivity index (χ2n) is 4.34. The van der Waals surface area contributed by atoms with Gasteiger partial charge in [0.25, 0.3) is 0 Å². The van der Waals surface area contributed by atoms with Crippen LogP contribution in [0.25, 0.3) is 11.5 Å². The molecule has 0 amide bonds. The molecule has 0 radical (unpaired) electrons. The van der Waals surface area contributed by atoms with Crippen molar-refractivity contribution >= 4 is 17.5 Å². The fraction of sp³-hybridized carbons (Fsp3) is 0.364. The van der Waals surface area contributed by atoms with Gasteiger partial charge in [-0.3, -0.25) is 10.1 Å². The molecule has 2 aromatic heterocycles. The molecule has 3 heterocycles. The molecule has 1 unspecified atom stereocenters. The maximum absolute atomic E-state index is 5.86. The monoisotopic (exact) mass is 264 g/mol. The minimum Gasteiger partial charge on any atom is -0.338 e. The number of pyridine rings is 1. The summed E-state index contributed by atoms with van der Waals surface area (Å²) >= 11 is 5.79. The highest BCUT2D eigenvalue weighted by atomic mass is 35.5. The smallest absolute Gasteiger partial charge is 0.245 e. The third kappa shape index (κ3) is 2.16. The second kappa shape index (κ2) is 4.55. The Morgan fingerprint density at radius 1 is 1.44 bits per heavy atom. The van der Waals surface area contributed by atoms with Gasteiger partial charge in [0, 0.05) is 25.3 Å². The highest BCUT2D eigenvalue weighted by Gasteiger charge is 2.22. The molecule has 1 aliphatic rings. The van der Waals surface area contributed by atoms with Gasteiger partial charge in [-0.15, -0.1) is 5.10 Å². The van der Waals surface area contributed by atoms with Crippen LogP contribution in [0.15, 0.2) is 18.3 Å². The van der Waals surface area contributed by atoms with E-state index in [1.165, 1.54) is 0 Å². The molecule has 6 nitrogen and oxygen atoms in total. The minimum atomic E-state index is 0.209. The van der Waals surface area contributed by atoms with E-state index >= 15 is 0 Å². The van der Waals surface area contributed by atoms with Crippen LogP contribution in [0, 0.1) is 0 Å². The van der Waals surface area contributed by atoms with Crippen molar-refractivity contribution in [1.29, 1.82) is 0 Å². The Kier molecular flexibility index (Phi) is 2.89. The van der Waals surface area contributed by atoms with Gasteiger partial charge >= 0.3 is 0 Å². The summed E-state index contributed by atoms with van der Waals surface area (Å²) in [6.07, 6.45) is 2.56. The van der Waals surface area contributed by atoms with E-state index in [9.17, 15) is 0 Å². The molecule has 7 heteroatoms. The number of nitrogens with two attached hydrogens (primary N) is 1. The Bertz CT molecular complexity index is 537. The van der Waals surface area contributed by atoms with Gasteiger partial charge in [0.1, 0.15) is 5.69 Å².